The SMILES string of the molecule is CCCN(C(=O)NCc1ccccc1)N1CC(=O)N2C(Cc3ccc(O)cc3)C(=O)N(Cc3cccc4ncoc34)CC21. The quantitative estimate of drug-likeness (QED) is 0.310. The maximum absolute atomic E-state index is 14.1. The van der Waals surface area contributed by atoms with Crippen molar-refractivity contribution in [3.05, 3.63) is 95.9 Å². The smallest absolute Gasteiger partial charge is 0.332 e. The van der Waals surface area contributed by atoms with Crippen LogP contribution < -0.4 is 5.32 Å². The van der Waals surface area contributed by atoms with Crippen molar-refractivity contribution in [2.24, 2.45) is 0 Å². The molecule has 3 aromatic carbocycles. The number of carbonyl (C=O) groups excluding carboxylic acids is 3. The number of amides is 4. The number of urea groups is 1. The van der Waals surface area contributed by atoms with Crippen LogP contribution in [0.5, 0.6) is 5.75 Å². The number of carbonyl (C=O) groups is 3. The van der Waals surface area contributed by atoms with Gasteiger partial charge in [-0.3, -0.25) is 14.6 Å². The lowest BCUT2D eigenvalue weighted by atomic mass is 9.99. The molecule has 2 aliphatic rings. The van der Waals surface area contributed by atoms with E-state index in [1.54, 1.807) is 44.1 Å². The van der Waals surface area contributed by atoms with Crippen molar-refractivity contribution in [3.63, 3.8) is 0 Å². The number of nitrogens with one attached hydrogen (secondary N) is 1. The molecule has 0 saturated carbocycles. The predicted molar refractivity (Wildman–Crippen MR) is 158 cm³/mol. The monoisotopic (exact) mass is 582 g/mol. The Labute approximate surface area is 249 Å². The number of aromatic hydroxyl groups is 1. The molecule has 2 atom stereocenters. The summed E-state index contributed by atoms with van der Waals surface area (Å²) < 4.78 is 5.64. The van der Waals surface area contributed by atoms with Crippen LogP contribution in [0.2, 0.25) is 0 Å². The fraction of sp³-hybridized carbons (Fsp3) is 0.312. The summed E-state index contributed by atoms with van der Waals surface area (Å²) in [5.74, 6) is -0.277. The van der Waals surface area contributed by atoms with E-state index in [0.717, 1.165) is 16.7 Å². The van der Waals surface area contributed by atoms with Gasteiger partial charge in [-0.1, -0.05) is 61.5 Å². The number of benzene rings is 3. The molecule has 0 spiro atoms. The Morgan fingerprint density at radius 2 is 1.84 bits per heavy atom. The minimum absolute atomic E-state index is 0.0195. The highest BCUT2D eigenvalue weighted by molar-refractivity contribution is 5.92. The van der Waals surface area contributed by atoms with Crippen LogP contribution in [0.4, 0.5) is 4.79 Å². The van der Waals surface area contributed by atoms with Crippen LogP contribution in [-0.4, -0.2) is 79.6 Å². The first-order valence-corrected chi connectivity index (χ1v) is 14.5. The summed E-state index contributed by atoms with van der Waals surface area (Å²) >= 11 is 0. The Balaban J connectivity index is 1.31. The number of fused-ring (bicyclic) bond motifs is 2. The number of hydrogen-bond acceptors (Lipinski definition) is 7. The van der Waals surface area contributed by atoms with Gasteiger partial charge in [0.1, 0.15) is 23.5 Å². The van der Waals surface area contributed by atoms with Crippen LogP contribution in [0, 0.1) is 0 Å². The van der Waals surface area contributed by atoms with Gasteiger partial charge in [-0.2, -0.15) is 5.01 Å². The van der Waals surface area contributed by atoms with Crippen molar-refractivity contribution in [1.29, 1.82) is 0 Å². The predicted octanol–water partition coefficient (Wildman–Crippen LogP) is 3.49. The third kappa shape index (κ3) is 5.76. The minimum Gasteiger partial charge on any atom is -0.508 e. The minimum atomic E-state index is -0.787. The summed E-state index contributed by atoms with van der Waals surface area (Å²) in [5, 5.41) is 16.2. The highest BCUT2D eigenvalue weighted by Gasteiger charge is 2.52. The van der Waals surface area contributed by atoms with E-state index in [1.807, 2.05) is 55.5 Å². The molecule has 2 unspecified atom stereocenters. The highest BCUT2D eigenvalue weighted by atomic mass is 16.3. The van der Waals surface area contributed by atoms with Gasteiger partial charge < -0.3 is 24.6 Å². The standard InChI is InChI=1S/C32H34N6O5/c1-2-15-36(32(42)33-17-23-7-4-3-5-8-23)37-20-29(40)38-27(16-22-11-13-25(39)14-12-22)31(41)35(19-28(37)38)18-24-9-6-10-26-30(24)43-21-34-26/h3-14,21,27-28,39H,2,15-20H2,1H3,(H,33,42). The lowest BCUT2D eigenvalue weighted by Gasteiger charge is -2.46. The molecule has 4 amide bonds. The van der Waals surface area contributed by atoms with E-state index >= 15 is 0 Å². The van der Waals surface area contributed by atoms with Crippen molar-refractivity contribution >= 4 is 28.9 Å². The first kappa shape index (κ1) is 28.2. The number of phenolic OH excluding ortho intramolecular Hbond substituents is 1. The van der Waals surface area contributed by atoms with Gasteiger partial charge in [-0.25, -0.2) is 9.78 Å². The summed E-state index contributed by atoms with van der Waals surface area (Å²) in [5.41, 5.74) is 3.90. The van der Waals surface area contributed by atoms with E-state index in [9.17, 15) is 19.5 Å². The zero-order valence-electron chi connectivity index (χ0n) is 23.9. The third-order valence-electron chi connectivity index (χ3n) is 8.00. The molecule has 6 rings (SSSR count). The second-order valence-corrected chi connectivity index (χ2v) is 10.9. The number of oxazole rings is 1. The second-order valence-electron chi connectivity index (χ2n) is 10.9. The molecule has 4 aromatic rings. The maximum Gasteiger partial charge on any atom is 0.332 e. The van der Waals surface area contributed by atoms with Crippen LogP contribution in [-0.2, 0) is 29.1 Å². The molecule has 11 heteroatoms. The molecule has 2 N–H and O–H groups in total. The first-order chi connectivity index (χ1) is 20.9. The second kappa shape index (κ2) is 12.1. The highest BCUT2D eigenvalue weighted by Crippen LogP contribution is 2.31. The van der Waals surface area contributed by atoms with Crippen molar-refractivity contribution in [2.75, 3.05) is 19.6 Å². The molecule has 2 saturated heterocycles. The molecular formula is C32H34N6O5. The number of piperazine rings is 1. The van der Waals surface area contributed by atoms with E-state index in [-0.39, 0.29) is 49.7 Å². The third-order valence-corrected chi connectivity index (χ3v) is 8.00. The number of nitrogens with zero attached hydrogens (tertiary/aromatic N) is 5. The van der Waals surface area contributed by atoms with Crippen molar-refractivity contribution in [3.8, 4) is 5.75 Å². The van der Waals surface area contributed by atoms with Gasteiger partial charge in [0.2, 0.25) is 11.8 Å². The fourth-order valence-corrected chi connectivity index (χ4v) is 5.94. The molecule has 0 radical (unpaired) electrons. The molecule has 2 aliphatic heterocycles. The van der Waals surface area contributed by atoms with E-state index in [2.05, 4.69) is 10.3 Å². The summed E-state index contributed by atoms with van der Waals surface area (Å²) in [6.07, 6.45) is 1.79. The molecular weight excluding hydrogens is 548 g/mol. The summed E-state index contributed by atoms with van der Waals surface area (Å²) in [6, 6.07) is 20.8. The molecule has 11 nitrogen and oxygen atoms in total. The number of aromatic nitrogens is 1. The van der Waals surface area contributed by atoms with E-state index in [1.165, 1.54) is 6.39 Å². The van der Waals surface area contributed by atoms with Gasteiger partial charge in [-0.15, -0.1) is 0 Å². The molecule has 0 bridgehead atoms. The normalized spacial score (nSPS) is 18.7. The van der Waals surface area contributed by atoms with E-state index in [0.29, 0.717) is 30.6 Å². The van der Waals surface area contributed by atoms with Crippen LogP contribution >= 0.6 is 0 Å². The average Bonchev–Trinajstić information content (AvgIpc) is 3.63. The maximum atomic E-state index is 14.1. The Bertz CT molecular complexity index is 1610. The molecule has 2 fully saturated rings. The van der Waals surface area contributed by atoms with Gasteiger partial charge in [0.05, 0.1) is 13.1 Å². The van der Waals surface area contributed by atoms with Crippen LogP contribution in [0.3, 0.4) is 0 Å². The average molecular weight is 583 g/mol. The van der Waals surface area contributed by atoms with Gasteiger partial charge >= 0.3 is 6.03 Å². The topological polar surface area (TPSA) is 122 Å². The Hall–Kier alpha value is -4.90. The zero-order chi connectivity index (χ0) is 29.9. The number of para-hydroxylation sites is 1. The number of rotatable bonds is 9. The zero-order valence-corrected chi connectivity index (χ0v) is 23.9. The van der Waals surface area contributed by atoms with Gasteiger partial charge in [-0.05, 0) is 35.7 Å². The largest absolute Gasteiger partial charge is 0.508 e. The van der Waals surface area contributed by atoms with Crippen LogP contribution in [0.25, 0.3) is 11.1 Å². The lowest BCUT2D eigenvalue weighted by molar-refractivity contribution is -0.157. The summed E-state index contributed by atoms with van der Waals surface area (Å²) in [6.45, 7) is 3.20. The Kier molecular flexibility index (Phi) is 7.97. The summed E-state index contributed by atoms with van der Waals surface area (Å²) in [4.78, 5) is 48.9. The fourth-order valence-electron chi connectivity index (χ4n) is 5.94. The van der Waals surface area contributed by atoms with Crippen molar-refractivity contribution < 1.29 is 23.9 Å². The number of hydrazine groups is 1. The van der Waals surface area contributed by atoms with Gasteiger partial charge in [0, 0.05) is 31.6 Å². The van der Waals surface area contributed by atoms with Crippen molar-refractivity contribution in [2.45, 2.75) is 45.1 Å². The van der Waals surface area contributed by atoms with E-state index < -0.39 is 12.2 Å². The van der Waals surface area contributed by atoms with Crippen molar-refractivity contribution in [1.82, 2.24) is 30.1 Å². The van der Waals surface area contributed by atoms with Crippen LogP contribution in [0.1, 0.15) is 30.0 Å². The van der Waals surface area contributed by atoms with Gasteiger partial charge in [0.15, 0.2) is 12.0 Å². The van der Waals surface area contributed by atoms with Gasteiger partial charge in [0.25, 0.3) is 0 Å². The Morgan fingerprint density at radius 3 is 2.60 bits per heavy atom. The summed E-state index contributed by atoms with van der Waals surface area (Å²) in [7, 11) is 0. The number of hydrogen-bond donors (Lipinski definition) is 2. The molecule has 222 valence electrons. The first-order valence-electron chi connectivity index (χ1n) is 14.5. The molecule has 1 aromatic heterocycles. The molecule has 43 heavy (non-hydrogen) atoms. The number of phenols is 1. The van der Waals surface area contributed by atoms with Crippen LogP contribution in [0.15, 0.2) is 83.6 Å². The Morgan fingerprint density at radius 1 is 1.05 bits per heavy atom. The van der Waals surface area contributed by atoms with E-state index in [4.69, 9.17) is 4.42 Å². The lowest BCUT2D eigenvalue weighted by Crippen LogP contribution is -2.66. The molecule has 0 aliphatic carbocycles. The molecule has 3 heterocycles.